The Bertz CT molecular complexity index is 478. The maximum Gasteiger partial charge on any atom is 0.313 e. The minimum absolute atomic E-state index is 0.218. The molecule has 19 heavy (non-hydrogen) atoms. The van der Waals surface area contributed by atoms with Crippen LogP contribution in [0.4, 0.5) is 0 Å². The Morgan fingerprint density at radius 3 is 2.53 bits per heavy atom. The van der Waals surface area contributed by atoms with Gasteiger partial charge in [-0.05, 0) is 19.1 Å². The number of hydrogen-bond acceptors (Lipinski definition) is 5. The lowest BCUT2D eigenvalue weighted by atomic mass is 10.0. The van der Waals surface area contributed by atoms with Crippen molar-refractivity contribution in [2.75, 3.05) is 13.7 Å². The Kier molecular flexibility index (Phi) is 5.73. The summed E-state index contributed by atoms with van der Waals surface area (Å²) in [5, 5.41) is 0. The van der Waals surface area contributed by atoms with Gasteiger partial charge in [-0.15, -0.1) is 0 Å². The first-order valence-electron chi connectivity index (χ1n) is 5.91. The highest BCUT2D eigenvalue weighted by Gasteiger charge is 2.16. The lowest BCUT2D eigenvalue weighted by Gasteiger charge is -2.04. The number of esters is 1. The second kappa shape index (κ2) is 7.31. The van der Waals surface area contributed by atoms with Gasteiger partial charge in [0.1, 0.15) is 12.2 Å². The molecule has 0 aliphatic heterocycles. The fourth-order valence-electron chi connectivity index (χ4n) is 1.51. The number of ketones is 2. The van der Waals surface area contributed by atoms with Crippen molar-refractivity contribution in [3.05, 3.63) is 29.8 Å². The molecule has 0 unspecified atom stereocenters. The van der Waals surface area contributed by atoms with Gasteiger partial charge in [-0.3, -0.25) is 14.4 Å². The molecule has 0 radical (unpaired) electrons. The van der Waals surface area contributed by atoms with Gasteiger partial charge in [0.2, 0.25) is 0 Å². The van der Waals surface area contributed by atoms with Gasteiger partial charge in [0.25, 0.3) is 0 Å². The molecule has 5 nitrogen and oxygen atoms in total. The van der Waals surface area contributed by atoms with Crippen molar-refractivity contribution in [3.63, 3.8) is 0 Å². The quantitative estimate of drug-likeness (QED) is 0.426. The molecule has 0 aromatic heterocycles. The highest BCUT2D eigenvalue weighted by atomic mass is 16.5. The Morgan fingerprint density at radius 1 is 1.16 bits per heavy atom. The molecule has 1 aromatic carbocycles. The zero-order valence-electron chi connectivity index (χ0n) is 11.0. The number of benzene rings is 1. The summed E-state index contributed by atoms with van der Waals surface area (Å²) < 4.78 is 9.64. The lowest BCUT2D eigenvalue weighted by Crippen LogP contribution is -2.14. The van der Waals surface area contributed by atoms with Crippen LogP contribution >= 0.6 is 0 Å². The minimum Gasteiger partial charge on any atom is -0.497 e. The summed E-state index contributed by atoms with van der Waals surface area (Å²) in [5.41, 5.74) is 0.386. The smallest absolute Gasteiger partial charge is 0.313 e. The summed E-state index contributed by atoms with van der Waals surface area (Å²) in [6.07, 6.45) is -0.685. The fraction of sp³-hybridized carbons (Fsp3) is 0.357. The average molecular weight is 264 g/mol. The SMILES string of the molecule is CCOC(=O)CC(=O)CC(=O)c1cccc(OC)c1. The van der Waals surface area contributed by atoms with Gasteiger partial charge in [-0.2, -0.15) is 0 Å². The van der Waals surface area contributed by atoms with E-state index >= 15 is 0 Å². The highest BCUT2D eigenvalue weighted by Crippen LogP contribution is 2.14. The standard InChI is InChI=1S/C14H16O5/c1-3-19-14(17)9-11(15)8-13(16)10-5-4-6-12(7-10)18-2/h4-7H,3,8-9H2,1-2H3. The molecular formula is C14H16O5. The van der Waals surface area contributed by atoms with E-state index in [1.54, 1.807) is 31.2 Å². The van der Waals surface area contributed by atoms with Crippen LogP contribution in [0.15, 0.2) is 24.3 Å². The molecular weight excluding hydrogens is 248 g/mol. The molecule has 0 amide bonds. The largest absolute Gasteiger partial charge is 0.497 e. The predicted molar refractivity (Wildman–Crippen MR) is 68.2 cm³/mol. The molecule has 5 heteroatoms. The zero-order valence-corrected chi connectivity index (χ0v) is 11.0. The molecule has 0 aliphatic carbocycles. The third-order valence-electron chi connectivity index (χ3n) is 2.40. The van der Waals surface area contributed by atoms with Gasteiger partial charge in [-0.1, -0.05) is 12.1 Å². The van der Waals surface area contributed by atoms with Gasteiger partial charge in [0, 0.05) is 5.56 Å². The maximum absolute atomic E-state index is 11.8. The maximum atomic E-state index is 11.8. The monoisotopic (exact) mass is 264 g/mol. The number of carbonyl (C=O) groups is 3. The van der Waals surface area contributed by atoms with Crippen LogP contribution < -0.4 is 4.74 Å². The van der Waals surface area contributed by atoms with Crippen LogP contribution in [-0.2, 0) is 14.3 Å². The first-order chi connectivity index (χ1) is 9.06. The minimum atomic E-state index is -0.606. The van der Waals surface area contributed by atoms with Crippen molar-refractivity contribution >= 4 is 17.5 Å². The molecule has 1 aromatic rings. The molecule has 0 saturated heterocycles. The van der Waals surface area contributed by atoms with Gasteiger partial charge in [0.15, 0.2) is 11.6 Å². The van der Waals surface area contributed by atoms with Crippen LogP contribution in [0.2, 0.25) is 0 Å². The molecule has 102 valence electrons. The number of hydrogen-bond donors (Lipinski definition) is 0. The third kappa shape index (κ3) is 4.91. The summed E-state index contributed by atoms with van der Waals surface area (Å²) in [5.74, 6) is -0.853. The van der Waals surface area contributed by atoms with E-state index in [4.69, 9.17) is 4.74 Å². The predicted octanol–water partition coefficient (Wildman–Crippen LogP) is 1.79. The van der Waals surface area contributed by atoms with Gasteiger partial charge < -0.3 is 9.47 Å². The van der Waals surface area contributed by atoms with Crippen molar-refractivity contribution < 1.29 is 23.9 Å². The summed E-state index contributed by atoms with van der Waals surface area (Å²) in [6, 6.07) is 6.53. The first kappa shape index (κ1) is 14.9. The van der Waals surface area contributed by atoms with Crippen LogP contribution in [0.1, 0.15) is 30.1 Å². The summed E-state index contributed by atoms with van der Waals surface area (Å²) in [7, 11) is 1.50. The van der Waals surface area contributed by atoms with Crippen molar-refractivity contribution in [1.82, 2.24) is 0 Å². The topological polar surface area (TPSA) is 69.7 Å². The van der Waals surface area contributed by atoms with Gasteiger partial charge in [0.05, 0.1) is 20.1 Å². The Balaban J connectivity index is 2.59. The number of rotatable bonds is 7. The molecule has 0 heterocycles. The zero-order chi connectivity index (χ0) is 14.3. The van der Waals surface area contributed by atoms with E-state index in [1.165, 1.54) is 7.11 Å². The van der Waals surface area contributed by atoms with Gasteiger partial charge in [-0.25, -0.2) is 0 Å². The molecule has 1 rings (SSSR count). The second-order valence-corrected chi connectivity index (χ2v) is 3.85. The van der Waals surface area contributed by atoms with E-state index in [2.05, 4.69) is 4.74 Å². The van der Waals surface area contributed by atoms with Crippen LogP contribution in [0.3, 0.4) is 0 Å². The van der Waals surface area contributed by atoms with E-state index in [0.717, 1.165) is 0 Å². The fourth-order valence-corrected chi connectivity index (χ4v) is 1.51. The van der Waals surface area contributed by atoms with Crippen LogP contribution in [0.5, 0.6) is 5.75 Å². The van der Waals surface area contributed by atoms with E-state index in [0.29, 0.717) is 11.3 Å². The molecule has 0 aliphatic rings. The average Bonchev–Trinajstić information content (AvgIpc) is 2.38. The lowest BCUT2D eigenvalue weighted by molar-refractivity contribution is -0.145. The Hall–Kier alpha value is -2.17. The normalized spacial score (nSPS) is 9.79. The van der Waals surface area contributed by atoms with Crippen LogP contribution in [-0.4, -0.2) is 31.3 Å². The molecule has 0 atom stereocenters. The molecule has 0 fully saturated rings. The van der Waals surface area contributed by atoms with E-state index in [1.807, 2.05) is 0 Å². The summed E-state index contributed by atoms with van der Waals surface area (Å²) in [6.45, 7) is 1.87. The highest BCUT2D eigenvalue weighted by molar-refractivity contribution is 6.11. The summed E-state index contributed by atoms with van der Waals surface area (Å²) in [4.78, 5) is 34.4. The molecule has 0 bridgehead atoms. The Labute approximate surface area is 111 Å². The number of ether oxygens (including phenoxy) is 2. The second-order valence-electron chi connectivity index (χ2n) is 3.85. The number of methoxy groups -OCH3 is 1. The van der Waals surface area contributed by atoms with Gasteiger partial charge >= 0.3 is 5.97 Å². The molecule has 0 saturated carbocycles. The summed E-state index contributed by atoms with van der Waals surface area (Å²) >= 11 is 0. The van der Waals surface area contributed by atoms with E-state index < -0.39 is 11.8 Å². The Morgan fingerprint density at radius 2 is 1.89 bits per heavy atom. The van der Waals surface area contributed by atoms with Crippen molar-refractivity contribution in [2.45, 2.75) is 19.8 Å². The van der Waals surface area contributed by atoms with Crippen molar-refractivity contribution in [2.24, 2.45) is 0 Å². The first-order valence-corrected chi connectivity index (χ1v) is 5.91. The van der Waals surface area contributed by atoms with Crippen molar-refractivity contribution in [1.29, 1.82) is 0 Å². The molecule has 0 N–H and O–H groups in total. The number of Topliss-reactive ketones (excluding diaryl/α,β-unsaturated/α-hetero) is 2. The van der Waals surface area contributed by atoms with Crippen LogP contribution in [0, 0.1) is 0 Å². The van der Waals surface area contributed by atoms with E-state index in [-0.39, 0.29) is 25.2 Å². The number of carbonyl (C=O) groups excluding carboxylic acids is 3. The molecule has 0 spiro atoms. The van der Waals surface area contributed by atoms with Crippen molar-refractivity contribution in [3.8, 4) is 5.75 Å². The van der Waals surface area contributed by atoms with E-state index in [9.17, 15) is 14.4 Å². The third-order valence-corrected chi connectivity index (χ3v) is 2.40. The van der Waals surface area contributed by atoms with Crippen LogP contribution in [0.25, 0.3) is 0 Å².